The molecule has 6 heteroatoms. The van der Waals surface area contributed by atoms with E-state index in [0.717, 1.165) is 23.4 Å². The second kappa shape index (κ2) is 7.21. The molecule has 24 heavy (non-hydrogen) atoms. The molecule has 0 aliphatic carbocycles. The monoisotopic (exact) mass is 327 g/mol. The van der Waals surface area contributed by atoms with Gasteiger partial charge in [-0.2, -0.15) is 0 Å². The number of carbonyl (C=O) groups excluding carboxylic acids is 2. The number of benzene rings is 1. The van der Waals surface area contributed by atoms with Crippen molar-refractivity contribution < 1.29 is 14.0 Å². The number of furan rings is 1. The molecular formula is C18H21N3O3. The number of aryl methyl sites for hydroxylation is 1. The number of nitrogens with zero attached hydrogens (tertiary/aromatic N) is 1. The Balaban J connectivity index is 1.59. The number of anilines is 1. The van der Waals surface area contributed by atoms with Crippen LogP contribution in [0.2, 0.25) is 0 Å². The molecule has 1 fully saturated rings. The molecule has 2 N–H and O–H groups in total. The highest BCUT2D eigenvalue weighted by Crippen LogP contribution is 2.19. The van der Waals surface area contributed by atoms with Crippen LogP contribution in [-0.2, 0) is 11.3 Å². The Hall–Kier alpha value is -2.76. The molecule has 0 bridgehead atoms. The van der Waals surface area contributed by atoms with E-state index >= 15 is 0 Å². The molecule has 0 saturated carbocycles. The summed E-state index contributed by atoms with van der Waals surface area (Å²) in [6.07, 6.45) is 3.11. The van der Waals surface area contributed by atoms with Gasteiger partial charge in [0.15, 0.2) is 0 Å². The number of rotatable bonds is 4. The van der Waals surface area contributed by atoms with Gasteiger partial charge in [0, 0.05) is 24.3 Å². The van der Waals surface area contributed by atoms with Crippen LogP contribution in [0.3, 0.4) is 0 Å². The van der Waals surface area contributed by atoms with Crippen molar-refractivity contribution in [3.63, 3.8) is 0 Å². The summed E-state index contributed by atoms with van der Waals surface area (Å²) in [5.74, 6) is 0.664. The van der Waals surface area contributed by atoms with Crippen molar-refractivity contribution in [3.05, 3.63) is 54.0 Å². The lowest BCUT2D eigenvalue weighted by atomic mass is 10.2. The van der Waals surface area contributed by atoms with E-state index in [4.69, 9.17) is 4.42 Å². The van der Waals surface area contributed by atoms with Crippen LogP contribution in [-0.4, -0.2) is 29.4 Å². The Morgan fingerprint density at radius 3 is 2.75 bits per heavy atom. The first-order valence-corrected chi connectivity index (χ1v) is 8.08. The molecule has 3 amide bonds. The lowest BCUT2D eigenvalue weighted by Crippen LogP contribution is -2.47. The van der Waals surface area contributed by atoms with Crippen LogP contribution in [0, 0.1) is 6.92 Å². The van der Waals surface area contributed by atoms with E-state index in [9.17, 15) is 9.59 Å². The van der Waals surface area contributed by atoms with Crippen LogP contribution in [0.1, 0.15) is 24.2 Å². The number of carbonyl (C=O) groups is 2. The summed E-state index contributed by atoms with van der Waals surface area (Å²) < 4.78 is 5.22. The summed E-state index contributed by atoms with van der Waals surface area (Å²) in [4.78, 5) is 26.5. The lowest BCUT2D eigenvalue weighted by Gasteiger charge is -2.24. The predicted octanol–water partition coefficient (Wildman–Crippen LogP) is 2.90. The molecule has 1 aliphatic rings. The van der Waals surface area contributed by atoms with E-state index < -0.39 is 6.04 Å². The maximum atomic E-state index is 12.5. The van der Waals surface area contributed by atoms with Gasteiger partial charge in [-0.1, -0.05) is 18.2 Å². The van der Waals surface area contributed by atoms with Gasteiger partial charge in [-0.25, -0.2) is 4.79 Å². The van der Waals surface area contributed by atoms with Gasteiger partial charge < -0.3 is 20.0 Å². The van der Waals surface area contributed by atoms with Gasteiger partial charge in [0.05, 0.1) is 6.26 Å². The van der Waals surface area contributed by atoms with Gasteiger partial charge in [-0.3, -0.25) is 4.79 Å². The number of para-hydroxylation sites is 1. The smallest absolute Gasteiger partial charge is 0.322 e. The predicted molar refractivity (Wildman–Crippen MR) is 90.5 cm³/mol. The summed E-state index contributed by atoms with van der Waals surface area (Å²) in [6.45, 7) is 2.85. The van der Waals surface area contributed by atoms with Crippen molar-refractivity contribution in [2.24, 2.45) is 0 Å². The summed E-state index contributed by atoms with van der Waals surface area (Å²) in [5.41, 5.74) is 1.67. The molecule has 1 atom stereocenters. The fraction of sp³-hybridized carbons (Fsp3) is 0.333. The molecule has 2 heterocycles. The van der Waals surface area contributed by atoms with Crippen molar-refractivity contribution in [1.82, 2.24) is 10.2 Å². The van der Waals surface area contributed by atoms with Gasteiger partial charge in [0.2, 0.25) is 5.91 Å². The van der Waals surface area contributed by atoms with Crippen LogP contribution in [0.4, 0.5) is 10.5 Å². The van der Waals surface area contributed by atoms with E-state index in [1.807, 2.05) is 43.3 Å². The topological polar surface area (TPSA) is 74.6 Å². The normalized spacial score (nSPS) is 16.9. The van der Waals surface area contributed by atoms with E-state index in [1.54, 1.807) is 11.2 Å². The highest BCUT2D eigenvalue weighted by molar-refractivity contribution is 5.94. The van der Waals surface area contributed by atoms with Gasteiger partial charge in [0.25, 0.3) is 0 Å². The number of urea groups is 1. The zero-order valence-electron chi connectivity index (χ0n) is 13.6. The highest BCUT2D eigenvalue weighted by Gasteiger charge is 2.34. The largest absolute Gasteiger partial charge is 0.469 e. The fourth-order valence-corrected chi connectivity index (χ4v) is 2.89. The van der Waals surface area contributed by atoms with E-state index in [-0.39, 0.29) is 11.9 Å². The molecular weight excluding hydrogens is 306 g/mol. The number of likely N-dealkylation sites (tertiary alicyclic amines) is 1. The minimum Gasteiger partial charge on any atom is -0.469 e. The Morgan fingerprint density at radius 2 is 2.04 bits per heavy atom. The quantitative estimate of drug-likeness (QED) is 0.907. The molecule has 1 saturated heterocycles. The summed E-state index contributed by atoms with van der Waals surface area (Å²) in [6, 6.07) is 10.4. The molecule has 0 unspecified atom stereocenters. The van der Waals surface area contributed by atoms with Crippen LogP contribution in [0.15, 0.2) is 47.1 Å². The summed E-state index contributed by atoms with van der Waals surface area (Å²) in [7, 11) is 0. The Kier molecular flexibility index (Phi) is 4.84. The molecule has 1 aliphatic heterocycles. The lowest BCUT2D eigenvalue weighted by molar-refractivity contribution is -0.124. The van der Waals surface area contributed by atoms with Crippen LogP contribution >= 0.6 is 0 Å². The first-order chi connectivity index (χ1) is 11.6. The third-order valence-electron chi connectivity index (χ3n) is 4.26. The van der Waals surface area contributed by atoms with Crippen molar-refractivity contribution >= 4 is 17.6 Å². The molecule has 0 radical (unpaired) electrons. The number of hydrogen-bond donors (Lipinski definition) is 2. The van der Waals surface area contributed by atoms with Crippen molar-refractivity contribution in [3.8, 4) is 0 Å². The Morgan fingerprint density at radius 1 is 1.25 bits per heavy atom. The van der Waals surface area contributed by atoms with Crippen molar-refractivity contribution in [1.29, 1.82) is 0 Å². The molecule has 1 aromatic heterocycles. The number of amides is 3. The second-order valence-electron chi connectivity index (χ2n) is 5.87. The van der Waals surface area contributed by atoms with E-state index in [1.165, 1.54) is 0 Å². The average molecular weight is 327 g/mol. The first kappa shape index (κ1) is 16.1. The SMILES string of the molecule is Cc1occc1CNC(=O)[C@@H]1CCCN1C(=O)Nc1ccccc1. The van der Waals surface area contributed by atoms with E-state index in [2.05, 4.69) is 10.6 Å². The molecule has 1 aromatic carbocycles. The molecule has 126 valence electrons. The second-order valence-corrected chi connectivity index (χ2v) is 5.87. The Labute approximate surface area is 140 Å². The maximum Gasteiger partial charge on any atom is 0.322 e. The number of nitrogens with one attached hydrogen (secondary N) is 2. The minimum absolute atomic E-state index is 0.128. The summed E-state index contributed by atoms with van der Waals surface area (Å²) >= 11 is 0. The minimum atomic E-state index is -0.430. The van der Waals surface area contributed by atoms with Gasteiger partial charge >= 0.3 is 6.03 Å². The van der Waals surface area contributed by atoms with E-state index in [0.29, 0.717) is 19.5 Å². The van der Waals surface area contributed by atoms with Crippen LogP contribution in [0.25, 0.3) is 0 Å². The van der Waals surface area contributed by atoms with Gasteiger partial charge in [-0.05, 0) is 38.0 Å². The fourth-order valence-electron chi connectivity index (χ4n) is 2.89. The highest BCUT2D eigenvalue weighted by atomic mass is 16.3. The molecule has 0 spiro atoms. The molecule has 3 rings (SSSR count). The summed E-state index contributed by atoms with van der Waals surface area (Å²) in [5, 5.41) is 5.74. The maximum absolute atomic E-state index is 12.5. The zero-order chi connectivity index (χ0) is 16.9. The van der Waals surface area contributed by atoms with Gasteiger partial charge in [-0.15, -0.1) is 0 Å². The third-order valence-corrected chi connectivity index (χ3v) is 4.26. The first-order valence-electron chi connectivity index (χ1n) is 8.08. The molecule has 6 nitrogen and oxygen atoms in total. The van der Waals surface area contributed by atoms with Crippen molar-refractivity contribution in [2.75, 3.05) is 11.9 Å². The van der Waals surface area contributed by atoms with Crippen molar-refractivity contribution in [2.45, 2.75) is 32.4 Å². The Bertz CT molecular complexity index is 711. The van der Waals surface area contributed by atoms with Crippen LogP contribution in [0.5, 0.6) is 0 Å². The van der Waals surface area contributed by atoms with Gasteiger partial charge in [0.1, 0.15) is 11.8 Å². The van der Waals surface area contributed by atoms with Crippen LogP contribution < -0.4 is 10.6 Å². The number of hydrogen-bond acceptors (Lipinski definition) is 3. The average Bonchev–Trinajstić information content (AvgIpc) is 3.22. The third kappa shape index (κ3) is 3.59. The molecule has 2 aromatic rings. The zero-order valence-corrected chi connectivity index (χ0v) is 13.6. The standard InChI is InChI=1S/C18H21N3O3/c1-13-14(9-11-24-13)12-19-17(22)16-8-5-10-21(16)18(23)20-15-6-3-2-4-7-15/h2-4,6-7,9,11,16H,5,8,10,12H2,1H3,(H,19,22)(H,20,23)/t16-/m0/s1.